The van der Waals surface area contributed by atoms with E-state index in [0.717, 1.165) is 16.6 Å². The van der Waals surface area contributed by atoms with E-state index in [1.54, 1.807) is 6.20 Å². The lowest BCUT2D eigenvalue weighted by Gasteiger charge is -1.97. The third-order valence-electron chi connectivity index (χ3n) is 2.22. The smallest absolute Gasteiger partial charge is 0.137 e. The molecule has 0 unspecified atom stereocenters. The zero-order valence-corrected chi connectivity index (χ0v) is 7.86. The number of nitrogens with one attached hydrogen (secondary N) is 1. The van der Waals surface area contributed by atoms with E-state index in [1.807, 2.05) is 25.3 Å². The summed E-state index contributed by atoms with van der Waals surface area (Å²) in [6.45, 7) is 1.95. The molecule has 0 aliphatic heterocycles. The lowest BCUT2D eigenvalue weighted by Crippen LogP contribution is -1.97. The average Bonchev–Trinajstić information content (AvgIpc) is 2.65. The average molecular weight is 189 g/mol. The summed E-state index contributed by atoms with van der Waals surface area (Å²) in [7, 11) is 0. The van der Waals surface area contributed by atoms with Gasteiger partial charge in [-0.05, 0) is 18.6 Å². The Hall–Kier alpha value is -1.84. The third-order valence-corrected chi connectivity index (χ3v) is 2.22. The van der Waals surface area contributed by atoms with Crippen molar-refractivity contribution in [3.8, 4) is 0 Å². The molecule has 2 heterocycles. The van der Waals surface area contributed by atoms with Crippen LogP contribution in [-0.2, 0) is 0 Å². The third kappa shape index (κ3) is 1.25. The maximum Gasteiger partial charge on any atom is 0.137 e. The maximum absolute atomic E-state index is 8.81. The van der Waals surface area contributed by atoms with E-state index in [1.165, 1.54) is 0 Å². The van der Waals surface area contributed by atoms with Gasteiger partial charge >= 0.3 is 0 Å². The van der Waals surface area contributed by atoms with Crippen LogP contribution >= 0.6 is 0 Å². The molecule has 2 N–H and O–H groups in total. The van der Waals surface area contributed by atoms with Crippen molar-refractivity contribution in [2.45, 2.75) is 13.3 Å². The number of rotatable bonds is 2. The van der Waals surface area contributed by atoms with E-state index < -0.39 is 0 Å². The number of nitrogens with zero attached hydrogens (tertiary/aromatic N) is 2. The lowest BCUT2D eigenvalue weighted by molar-refractivity contribution is 0.318. The van der Waals surface area contributed by atoms with E-state index in [9.17, 15) is 0 Å². The van der Waals surface area contributed by atoms with Gasteiger partial charge < -0.3 is 10.2 Å². The fourth-order valence-electron chi connectivity index (χ4n) is 1.51. The highest BCUT2D eigenvalue weighted by molar-refractivity contribution is 6.09. The van der Waals surface area contributed by atoms with Crippen LogP contribution in [0.3, 0.4) is 0 Å². The molecule has 72 valence electrons. The van der Waals surface area contributed by atoms with Crippen LogP contribution in [0.2, 0.25) is 0 Å². The van der Waals surface area contributed by atoms with Gasteiger partial charge in [0.1, 0.15) is 5.65 Å². The standard InChI is InChI=1S/C10H11N3O/c1-2-9(13-14)8-6-12-10-7(8)4-3-5-11-10/h3-6,14H,2H2,1H3,(H,11,12)/b13-9+. The van der Waals surface area contributed by atoms with Crippen molar-refractivity contribution in [2.24, 2.45) is 5.16 Å². The Balaban J connectivity index is 2.63. The van der Waals surface area contributed by atoms with Gasteiger partial charge in [-0.3, -0.25) is 0 Å². The normalized spacial score (nSPS) is 12.2. The van der Waals surface area contributed by atoms with E-state index in [-0.39, 0.29) is 0 Å². The largest absolute Gasteiger partial charge is 0.411 e. The van der Waals surface area contributed by atoms with Gasteiger partial charge in [-0.2, -0.15) is 0 Å². The second-order valence-electron chi connectivity index (χ2n) is 3.00. The Morgan fingerprint density at radius 2 is 2.50 bits per heavy atom. The summed E-state index contributed by atoms with van der Waals surface area (Å²) < 4.78 is 0. The molecule has 0 saturated carbocycles. The van der Waals surface area contributed by atoms with Crippen molar-refractivity contribution in [2.75, 3.05) is 0 Å². The van der Waals surface area contributed by atoms with Gasteiger partial charge in [-0.15, -0.1) is 0 Å². The molecule has 0 radical (unpaired) electrons. The summed E-state index contributed by atoms with van der Waals surface area (Å²) in [5.41, 5.74) is 2.40. The Morgan fingerprint density at radius 3 is 3.21 bits per heavy atom. The van der Waals surface area contributed by atoms with Crippen LogP contribution in [-0.4, -0.2) is 20.9 Å². The Labute approximate surface area is 81.3 Å². The summed E-state index contributed by atoms with van der Waals surface area (Å²) >= 11 is 0. The number of fused-ring (bicyclic) bond motifs is 1. The van der Waals surface area contributed by atoms with Gasteiger partial charge in [0.15, 0.2) is 0 Å². The molecule has 2 rings (SSSR count). The molecule has 0 spiro atoms. The Morgan fingerprint density at radius 1 is 1.64 bits per heavy atom. The number of pyridine rings is 1. The Kier molecular flexibility index (Phi) is 2.18. The maximum atomic E-state index is 8.81. The fourth-order valence-corrected chi connectivity index (χ4v) is 1.51. The van der Waals surface area contributed by atoms with Gasteiger partial charge in [0.05, 0.1) is 5.71 Å². The van der Waals surface area contributed by atoms with Crippen LogP contribution in [0.25, 0.3) is 11.0 Å². The first-order valence-corrected chi connectivity index (χ1v) is 4.50. The van der Waals surface area contributed by atoms with Crippen molar-refractivity contribution >= 4 is 16.7 Å². The van der Waals surface area contributed by atoms with Crippen molar-refractivity contribution in [3.63, 3.8) is 0 Å². The van der Waals surface area contributed by atoms with Crippen LogP contribution in [0.1, 0.15) is 18.9 Å². The highest BCUT2D eigenvalue weighted by Gasteiger charge is 2.08. The van der Waals surface area contributed by atoms with Crippen LogP contribution < -0.4 is 0 Å². The highest BCUT2D eigenvalue weighted by Crippen LogP contribution is 2.17. The van der Waals surface area contributed by atoms with Crippen molar-refractivity contribution < 1.29 is 5.21 Å². The molecule has 0 fully saturated rings. The molecular formula is C10H11N3O. The van der Waals surface area contributed by atoms with Crippen LogP contribution in [0, 0.1) is 0 Å². The predicted octanol–water partition coefficient (Wildman–Crippen LogP) is 2.15. The van der Waals surface area contributed by atoms with E-state index in [0.29, 0.717) is 12.1 Å². The zero-order chi connectivity index (χ0) is 9.97. The molecule has 0 saturated heterocycles. The Bertz CT molecular complexity index is 473. The monoisotopic (exact) mass is 189 g/mol. The molecule has 4 nitrogen and oxygen atoms in total. The molecule has 14 heavy (non-hydrogen) atoms. The number of H-pyrrole nitrogens is 1. The molecule has 2 aromatic rings. The van der Waals surface area contributed by atoms with Gasteiger partial charge in [-0.1, -0.05) is 12.1 Å². The number of aromatic nitrogens is 2. The summed E-state index contributed by atoms with van der Waals surface area (Å²) in [6.07, 6.45) is 4.24. The molecule has 2 aromatic heterocycles. The first-order valence-electron chi connectivity index (χ1n) is 4.50. The lowest BCUT2D eigenvalue weighted by atomic mass is 10.1. The van der Waals surface area contributed by atoms with Gasteiger partial charge in [0.2, 0.25) is 0 Å². The number of hydrogen-bond donors (Lipinski definition) is 2. The minimum atomic E-state index is 0.671. The molecule has 0 aliphatic carbocycles. The topological polar surface area (TPSA) is 61.3 Å². The summed E-state index contributed by atoms with van der Waals surface area (Å²) in [4.78, 5) is 7.19. The molecule has 0 bridgehead atoms. The van der Waals surface area contributed by atoms with E-state index in [4.69, 9.17) is 5.21 Å². The van der Waals surface area contributed by atoms with Gasteiger partial charge in [-0.25, -0.2) is 4.98 Å². The number of hydrogen-bond acceptors (Lipinski definition) is 3. The van der Waals surface area contributed by atoms with Crippen molar-refractivity contribution in [1.29, 1.82) is 0 Å². The van der Waals surface area contributed by atoms with E-state index >= 15 is 0 Å². The molecular weight excluding hydrogens is 178 g/mol. The van der Waals surface area contributed by atoms with Crippen LogP contribution in [0.15, 0.2) is 29.7 Å². The fraction of sp³-hybridized carbons (Fsp3) is 0.200. The number of oxime groups is 1. The van der Waals surface area contributed by atoms with Gasteiger partial charge in [0, 0.05) is 23.3 Å². The quantitative estimate of drug-likeness (QED) is 0.432. The minimum absolute atomic E-state index is 0.671. The molecule has 0 atom stereocenters. The minimum Gasteiger partial charge on any atom is -0.411 e. The predicted molar refractivity (Wildman–Crippen MR) is 54.7 cm³/mol. The summed E-state index contributed by atoms with van der Waals surface area (Å²) in [5, 5.41) is 13.1. The van der Waals surface area contributed by atoms with E-state index in [2.05, 4.69) is 15.1 Å². The van der Waals surface area contributed by atoms with Crippen LogP contribution in [0.5, 0.6) is 0 Å². The highest BCUT2D eigenvalue weighted by atomic mass is 16.4. The first kappa shape index (κ1) is 8.74. The molecule has 0 aliphatic rings. The first-order chi connectivity index (χ1) is 6.86. The summed E-state index contributed by atoms with van der Waals surface area (Å²) in [6, 6.07) is 3.82. The second kappa shape index (κ2) is 3.49. The molecule has 4 heteroatoms. The SMILES string of the molecule is CC/C(=N\O)c1c[nH]c2ncccc12. The molecule has 0 amide bonds. The van der Waals surface area contributed by atoms with Crippen molar-refractivity contribution in [3.05, 3.63) is 30.1 Å². The number of aromatic amines is 1. The van der Waals surface area contributed by atoms with Crippen molar-refractivity contribution in [1.82, 2.24) is 9.97 Å². The second-order valence-corrected chi connectivity index (χ2v) is 3.00. The zero-order valence-electron chi connectivity index (χ0n) is 7.86. The summed E-state index contributed by atoms with van der Waals surface area (Å²) in [5.74, 6) is 0. The van der Waals surface area contributed by atoms with Crippen LogP contribution in [0.4, 0.5) is 0 Å². The molecule has 0 aromatic carbocycles. The van der Waals surface area contributed by atoms with Gasteiger partial charge in [0.25, 0.3) is 0 Å².